The van der Waals surface area contributed by atoms with Crippen LogP contribution < -0.4 is 15.5 Å². The van der Waals surface area contributed by atoms with Crippen LogP contribution in [0.25, 0.3) is 0 Å². The summed E-state index contributed by atoms with van der Waals surface area (Å²) in [5.74, 6) is 0.634. The lowest BCUT2D eigenvalue weighted by Gasteiger charge is -2.29. The van der Waals surface area contributed by atoms with Crippen LogP contribution in [-0.2, 0) is 4.79 Å². The molecule has 2 unspecified atom stereocenters. The zero-order chi connectivity index (χ0) is 15.0. The van der Waals surface area contributed by atoms with E-state index in [1.165, 1.54) is 0 Å². The van der Waals surface area contributed by atoms with Gasteiger partial charge in [0, 0.05) is 31.4 Å². The number of likely N-dealkylation sites (N-methyl/N-ethyl adjacent to an activating group) is 1. The van der Waals surface area contributed by atoms with Crippen molar-refractivity contribution in [2.75, 3.05) is 23.9 Å². The fourth-order valence-electron chi connectivity index (χ4n) is 2.86. The molecule has 20 heavy (non-hydrogen) atoms. The van der Waals surface area contributed by atoms with Crippen LogP contribution in [0, 0.1) is 5.92 Å². The number of rotatable bonds is 4. The van der Waals surface area contributed by atoms with E-state index in [4.69, 9.17) is 5.73 Å². The molecule has 2 N–H and O–H groups in total. The van der Waals surface area contributed by atoms with Gasteiger partial charge in [-0.3, -0.25) is 4.79 Å². The number of carbonyl (C=O) groups excluding carboxylic acids is 1. The standard InChI is InChI=1S/C16H25N3O/c1-10(2)8-11(3)18(4)12-6-7-13-14(9-12)19(5)16(20)15(13)17/h6-7,9-11,15H,8,17H2,1-5H3. The fourth-order valence-corrected chi connectivity index (χ4v) is 2.86. The van der Waals surface area contributed by atoms with E-state index in [2.05, 4.69) is 44.9 Å². The first-order valence-electron chi connectivity index (χ1n) is 7.22. The molecule has 110 valence electrons. The monoisotopic (exact) mass is 275 g/mol. The van der Waals surface area contributed by atoms with Crippen LogP contribution in [0.2, 0.25) is 0 Å². The van der Waals surface area contributed by atoms with Gasteiger partial charge in [0.1, 0.15) is 6.04 Å². The summed E-state index contributed by atoms with van der Waals surface area (Å²) in [5, 5.41) is 0. The summed E-state index contributed by atoms with van der Waals surface area (Å²) < 4.78 is 0. The van der Waals surface area contributed by atoms with E-state index < -0.39 is 6.04 Å². The predicted molar refractivity (Wildman–Crippen MR) is 84.1 cm³/mol. The minimum absolute atomic E-state index is 0.0324. The number of hydrogen-bond acceptors (Lipinski definition) is 3. The van der Waals surface area contributed by atoms with Crippen molar-refractivity contribution in [2.24, 2.45) is 11.7 Å². The second-order valence-electron chi connectivity index (χ2n) is 6.21. The number of nitrogens with two attached hydrogens (primary N) is 1. The SMILES string of the molecule is CC(C)CC(C)N(C)c1ccc2c(c1)N(C)C(=O)C2N. The van der Waals surface area contributed by atoms with Gasteiger partial charge < -0.3 is 15.5 Å². The summed E-state index contributed by atoms with van der Waals surface area (Å²) in [6, 6.07) is 6.06. The molecule has 0 saturated carbocycles. The van der Waals surface area contributed by atoms with E-state index in [1.54, 1.807) is 11.9 Å². The molecule has 0 fully saturated rings. The van der Waals surface area contributed by atoms with Gasteiger partial charge in [0.05, 0.1) is 5.69 Å². The van der Waals surface area contributed by atoms with E-state index in [9.17, 15) is 4.79 Å². The summed E-state index contributed by atoms with van der Waals surface area (Å²) in [6.07, 6.45) is 1.14. The summed E-state index contributed by atoms with van der Waals surface area (Å²) in [7, 11) is 3.89. The molecule has 2 rings (SSSR count). The van der Waals surface area contributed by atoms with Crippen molar-refractivity contribution in [3.63, 3.8) is 0 Å². The molecule has 1 aliphatic rings. The summed E-state index contributed by atoms with van der Waals surface area (Å²) in [4.78, 5) is 15.8. The van der Waals surface area contributed by atoms with Gasteiger partial charge in [-0.15, -0.1) is 0 Å². The lowest BCUT2D eigenvalue weighted by molar-refractivity contribution is -0.118. The second kappa shape index (κ2) is 5.44. The van der Waals surface area contributed by atoms with E-state index in [-0.39, 0.29) is 5.91 Å². The zero-order valence-electron chi connectivity index (χ0n) is 13.1. The molecular formula is C16H25N3O. The molecule has 0 aliphatic carbocycles. The van der Waals surface area contributed by atoms with Gasteiger partial charge >= 0.3 is 0 Å². The Labute approximate surface area is 121 Å². The highest BCUT2D eigenvalue weighted by molar-refractivity contribution is 6.04. The van der Waals surface area contributed by atoms with Crippen LogP contribution in [0.4, 0.5) is 11.4 Å². The first-order valence-corrected chi connectivity index (χ1v) is 7.22. The van der Waals surface area contributed by atoms with Crippen LogP contribution in [0.5, 0.6) is 0 Å². The second-order valence-corrected chi connectivity index (χ2v) is 6.21. The van der Waals surface area contributed by atoms with Gasteiger partial charge in [-0.25, -0.2) is 0 Å². The lowest BCUT2D eigenvalue weighted by atomic mass is 10.0. The van der Waals surface area contributed by atoms with Crippen molar-refractivity contribution in [2.45, 2.75) is 39.3 Å². The highest BCUT2D eigenvalue weighted by Crippen LogP contribution is 2.36. The molecule has 1 aromatic carbocycles. The molecule has 0 bridgehead atoms. The molecule has 0 saturated heterocycles. The molecule has 0 radical (unpaired) electrons. The molecular weight excluding hydrogens is 250 g/mol. The van der Waals surface area contributed by atoms with Crippen molar-refractivity contribution in [1.82, 2.24) is 0 Å². The highest BCUT2D eigenvalue weighted by Gasteiger charge is 2.32. The van der Waals surface area contributed by atoms with Gasteiger partial charge in [-0.2, -0.15) is 0 Å². The van der Waals surface area contributed by atoms with E-state index in [0.29, 0.717) is 12.0 Å². The van der Waals surface area contributed by atoms with Gasteiger partial charge in [0.2, 0.25) is 5.91 Å². The van der Waals surface area contributed by atoms with Gasteiger partial charge in [0.15, 0.2) is 0 Å². The van der Waals surface area contributed by atoms with Gasteiger partial charge in [-0.1, -0.05) is 19.9 Å². The molecule has 2 atom stereocenters. The largest absolute Gasteiger partial charge is 0.372 e. The Bertz CT molecular complexity index is 512. The number of nitrogens with zero attached hydrogens (tertiary/aromatic N) is 2. The quantitative estimate of drug-likeness (QED) is 0.918. The molecule has 0 spiro atoms. The highest BCUT2D eigenvalue weighted by atomic mass is 16.2. The zero-order valence-corrected chi connectivity index (χ0v) is 13.1. The maximum Gasteiger partial charge on any atom is 0.248 e. The maximum absolute atomic E-state index is 11.9. The average Bonchev–Trinajstić information content (AvgIpc) is 2.62. The Morgan fingerprint density at radius 1 is 1.35 bits per heavy atom. The minimum atomic E-state index is -0.512. The summed E-state index contributed by atoms with van der Waals surface area (Å²) in [5.41, 5.74) is 8.91. The summed E-state index contributed by atoms with van der Waals surface area (Å²) in [6.45, 7) is 6.70. The average molecular weight is 275 g/mol. The molecule has 4 nitrogen and oxygen atoms in total. The molecule has 1 aromatic rings. The lowest BCUT2D eigenvalue weighted by Crippen LogP contribution is -2.30. The van der Waals surface area contributed by atoms with Gasteiger partial charge in [0.25, 0.3) is 0 Å². The Morgan fingerprint density at radius 3 is 2.60 bits per heavy atom. The maximum atomic E-state index is 11.9. The molecule has 0 aromatic heterocycles. The minimum Gasteiger partial charge on any atom is -0.372 e. The molecule has 1 amide bonds. The molecule has 1 aliphatic heterocycles. The molecule has 4 heteroatoms. The van der Waals surface area contributed by atoms with Crippen LogP contribution in [0.15, 0.2) is 18.2 Å². The van der Waals surface area contributed by atoms with Crippen LogP contribution in [0.3, 0.4) is 0 Å². The van der Waals surface area contributed by atoms with Crippen molar-refractivity contribution in [1.29, 1.82) is 0 Å². The first kappa shape index (κ1) is 14.9. The van der Waals surface area contributed by atoms with Crippen molar-refractivity contribution in [3.05, 3.63) is 23.8 Å². The normalized spacial score (nSPS) is 19.4. The topological polar surface area (TPSA) is 49.6 Å². The van der Waals surface area contributed by atoms with E-state index in [0.717, 1.165) is 23.4 Å². The fraction of sp³-hybridized carbons (Fsp3) is 0.562. The molecule has 1 heterocycles. The number of hydrogen-bond donors (Lipinski definition) is 1. The first-order chi connectivity index (χ1) is 9.32. The Kier molecular flexibility index (Phi) is 4.04. The third-order valence-corrected chi connectivity index (χ3v) is 4.19. The number of anilines is 2. The Balaban J connectivity index is 2.26. The summed E-state index contributed by atoms with van der Waals surface area (Å²) >= 11 is 0. The van der Waals surface area contributed by atoms with Crippen LogP contribution in [-0.4, -0.2) is 26.0 Å². The van der Waals surface area contributed by atoms with Gasteiger partial charge in [-0.05, 0) is 31.4 Å². The third kappa shape index (κ3) is 2.52. The van der Waals surface area contributed by atoms with Crippen molar-refractivity contribution >= 4 is 17.3 Å². The number of fused-ring (bicyclic) bond motifs is 1. The van der Waals surface area contributed by atoms with Crippen LogP contribution >= 0.6 is 0 Å². The third-order valence-electron chi connectivity index (χ3n) is 4.19. The van der Waals surface area contributed by atoms with Crippen molar-refractivity contribution in [3.8, 4) is 0 Å². The van der Waals surface area contributed by atoms with Crippen molar-refractivity contribution < 1.29 is 4.79 Å². The number of amides is 1. The number of benzene rings is 1. The number of carbonyl (C=O) groups is 1. The van der Waals surface area contributed by atoms with Crippen LogP contribution in [0.1, 0.15) is 38.8 Å². The predicted octanol–water partition coefficient (Wildman–Crippen LogP) is 2.53. The Morgan fingerprint density at radius 2 is 2.00 bits per heavy atom. The Hall–Kier alpha value is -1.55. The van der Waals surface area contributed by atoms with E-state index >= 15 is 0 Å². The van der Waals surface area contributed by atoms with E-state index in [1.807, 2.05) is 6.07 Å². The smallest absolute Gasteiger partial charge is 0.248 e.